The topological polar surface area (TPSA) is 76.1 Å². The van der Waals surface area contributed by atoms with Crippen LogP contribution < -0.4 is 10.5 Å². The summed E-state index contributed by atoms with van der Waals surface area (Å²) in [5.74, 6) is 1.01. The first-order chi connectivity index (χ1) is 11.0. The van der Waals surface area contributed by atoms with Crippen LogP contribution in [0.15, 0.2) is 42.5 Å². The number of rotatable bonds is 6. The Hall–Kier alpha value is -2.45. The summed E-state index contributed by atoms with van der Waals surface area (Å²) in [6.07, 6.45) is 0. The maximum absolute atomic E-state index is 11.8. The second-order valence-electron chi connectivity index (χ2n) is 5.14. The first-order valence-corrected chi connectivity index (χ1v) is 8.14. The van der Waals surface area contributed by atoms with E-state index in [1.54, 1.807) is 31.4 Å². The predicted octanol–water partition coefficient (Wildman–Crippen LogP) is 3.34. The molecule has 0 aliphatic heterocycles. The number of amides is 1. The summed E-state index contributed by atoms with van der Waals surface area (Å²) in [6.45, 7) is 2.01. The van der Waals surface area contributed by atoms with Gasteiger partial charge >= 0.3 is 0 Å². The molecule has 2 aromatic carbocycles. The van der Waals surface area contributed by atoms with E-state index in [0.29, 0.717) is 11.3 Å². The van der Waals surface area contributed by atoms with E-state index < -0.39 is 11.2 Å². The van der Waals surface area contributed by atoms with Crippen LogP contribution in [0.1, 0.15) is 27.5 Å². The van der Waals surface area contributed by atoms with Crippen molar-refractivity contribution >= 4 is 17.7 Å². The fourth-order valence-electron chi connectivity index (χ4n) is 2.27. The highest BCUT2D eigenvalue weighted by atomic mass is 32.2. The zero-order valence-corrected chi connectivity index (χ0v) is 13.9. The minimum atomic E-state index is -0.465. The lowest BCUT2D eigenvalue weighted by Crippen LogP contribution is -2.19. The van der Waals surface area contributed by atoms with Crippen LogP contribution in [0.4, 0.5) is 0 Å². The molecular formula is C18H18N2O2S. The van der Waals surface area contributed by atoms with Crippen LogP contribution in [-0.2, 0) is 10.5 Å². The number of nitriles is 1. The Bertz CT molecular complexity index is 736. The van der Waals surface area contributed by atoms with Crippen molar-refractivity contribution in [1.29, 1.82) is 5.26 Å². The zero-order chi connectivity index (χ0) is 16.8. The van der Waals surface area contributed by atoms with Crippen molar-refractivity contribution in [3.63, 3.8) is 0 Å². The number of benzene rings is 2. The number of aryl methyl sites for hydroxylation is 1. The van der Waals surface area contributed by atoms with E-state index in [1.165, 1.54) is 11.8 Å². The highest BCUT2D eigenvalue weighted by Gasteiger charge is 2.19. The van der Waals surface area contributed by atoms with E-state index in [9.17, 15) is 4.79 Å². The first-order valence-electron chi connectivity index (χ1n) is 7.09. The van der Waals surface area contributed by atoms with E-state index in [1.807, 2.05) is 25.1 Å². The third-order valence-electron chi connectivity index (χ3n) is 3.44. The minimum Gasteiger partial charge on any atom is -0.496 e. The third-order valence-corrected chi connectivity index (χ3v) is 4.76. The Kier molecular flexibility index (Phi) is 5.67. The van der Waals surface area contributed by atoms with Crippen molar-refractivity contribution in [2.24, 2.45) is 5.73 Å². The number of nitrogens with zero attached hydrogens (tertiary/aromatic N) is 1. The fourth-order valence-corrected chi connectivity index (χ4v) is 3.35. The average Bonchev–Trinajstić information content (AvgIpc) is 2.55. The number of hydrogen-bond acceptors (Lipinski definition) is 4. The van der Waals surface area contributed by atoms with Crippen LogP contribution in [-0.4, -0.2) is 13.0 Å². The molecule has 0 aromatic heterocycles. The van der Waals surface area contributed by atoms with Gasteiger partial charge in [0.2, 0.25) is 5.91 Å². The van der Waals surface area contributed by atoms with Crippen LogP contribution in [0, 0.1) is 18.3 Å². The van der Waals surface area contributed by atoms with Crippen LogP contribution in [0.25, 0.3) is 0 Å². The van der Waals surface area contributed by atoms with Gasteiger partial charge in [-0.1, -0.05) is 29.8 Å². The van der Waals surface area contributed by atoms with E-state index in [0.717, 1.165) is 22.4 Å². The Morgan fingerprint density at radius 3 is 2.57 bits per heavy atom. The summed E-state index contributed by atoms with van der Waals surface area (Å²) >= 11 is 1.45. The molecule has 0 aliphatic carbocycles. The maximum Gasteiger partial charge on any atom is 0.235 e. The van der Waals surface area contributed by atoms with Crippen molar-refractivity contribution in [3.05, 3.63) is 64.7 Å². The van der Waals surface area contributed by atoms with Gasteiger partial charge in [-0.3, -0.25) is 4.79 Å². The van der Waals surface area contributed by atoms with E-state index in [2.05, 4.69) is 6.07 Å². The molecule has 0 unspecified atom stereocenters. The molecule has 0 spiro atoms. The molecule has 0 saturated heterocycles. The smallest absolute Gasteiger partial charge is 0.235 e. The predicted molar refractivity (Wildman–Crippen MR) is 92.1 cm³/mol. The molecule has 0 aliphatic rings. The molecule has 0 radical (unpaired) electrons. The molecule has 5 heteroatoms. The van der Waals surface area contributed by atoms with Crippen LogP contribution >= 0.6 is 11.8 Å². The number of methoxy groups -OCH3 is 1. The van der Waals surface area contributed by atoms with Gasteiger partial charge in [0, 0.05) is 11.3 Å². The molecule has 0 bridgehead atoms. The van der Waals surface area contributed by atoms with Crippen molar-refractivity contribution in [1.82, 2.24) is 0 Å². The molecule has 0 heterocycles. The van der Waals surface area contributed by atoms with Crippen LogP contribution in [0.3, 0.4) is 0 Å². The number of nitrogens with two attached hydrogens (primary N) is 1. The molecule has 23 heavy (non-hydrogen) atoms. The molecule has 0 fully saturated rings. The van der Waals surface area contributed by atoms with Gasteiger partial charge in [-0.05, 0) is 30.7 Å². The SMILES string of the molecule is COc1ccc(C)cc1CS[C@@H](C(N)=O)c1ccc(C#N)cc1. The fraction of sp³-hybridized carbons (Fsp3) is 0.222. The normalized spacial score (nSPS) is 11.5. The lowest BCUT2D eigenvalue weighted by Gasteiger charge is -2.15. The van der Waals surface area contributed by atoms with Gasteiger partial charge in [0.1, 0.15) is 11.0 Å². The van der Waals surface area contributed by atoms with Gasteiger partial charge in [0.25, 0.3) is 0 Å². The molecule has 1 amide bonds. The second kappa shape index (κ2) is 7.70. The highest BCUT2D eigenvalue weighted by Crippen LogP contribution is 2.34. The van der Waals surface area contributed by atoms with E-state index in [-0.39, 0.29) is 0 Å². The lowest BCUT2D eigenvalue weighted by molar-refractivity contribution is -0.117. The minimum absolute atomic E-state index is 0.397. The average molecular weight is 326 g/mol. The van der Waals surface area contributed by atoms with Gasteiger partial charge in [0.15, 0.2) is 0 Å². The standard InChI is InChI=1S/C18H18N2O2S/c1-12-3-8-16(22-2)15(9-12)11-23-17(18(20)21)14-6-4-13(10-19)5-7-14/h3-9,17H,11H2,1-2H3,(H2,20,21)/t17-/m1/s1. The Balaban J connectivity index is 2.19. The summed E-state index contributed by atoms with van der Waals surface area (Å²) in [6, 6.07) is 14.9. The Morgan fingerprint density at radius 2 is 2.00 bits per heavy atom. The summed E-state index contributed by atoms with van der Waals surface area (Å²) < 4.78 is 5.36. The lowest BCUT2D eigenvalue weighted by atomic mass is 10.1. The second-order valence-corrected chi connectivity index (χ2v) is 6.24. The first kappa shape index (κ1) is 16.9. The number of carbonyl (C=O) groups excluding carboxylic acids is 1. The zero-order valence-electron chi connectivity index (χ0n) is 13.1. The van der Waals surface area contributed by atoms with E-state index >= 15 is 0 Å². The largest absolute Gasteiger partial charge is 0.496 e. The van der Waals surface area contributed by atoms with Crippen LogP contribution in [0.5, 0.6) is 5.75 Å². The van der Waals surface area contributed by atoms with E-state index in [4.69, 9.17) is 15.7 Å². The molecule has 2 rings (SSSR count). The molecule has 1 atom stereocenters. The number of primary amides is 1. The summed E-state index contributed by atoms with van der Waals surface area (Å²) in [5, 5.41) is 8.39. The maximum atomic E-state index is 11.8. The van der Waals surface area contributed by atoms with Gasteiger partial charge in [-0.25, -0.2) is 0 Å². The number of hydrogen-bond donors (Lipinski definition) is 1. The number of thioether (sulfide) groups is 1. The molecule has 118 valence electrons. The molecule has 0 saturated carbocycles. The Labute approximate surface area is 140 Å². The quantitative estimate of drug-likeness (QED) is 0.883. The van der Waals surface area contributed by atoms with Crippen LogP contribution in [0.2, 0.25) is 0 Å². The molecule has 4 nitrogen and oxygen atoms in total. The number of ether oxygens (including phenoxy) is 1. The monoisotopic (exact) mass is 326 g/mol. The molecular weight excluding hydrogens is 308 g/mol. The van der Waals surface area contributed by atoms with Crippen molar-refractivity contribution in [2.45, 2.75) is 17.9 Å². The van der Waals surface area contributed by atoms with Gasteiger partial charge in [-0.15, -0.1) is 11.8 Å². The number of carbonyl (C=O) groups is 1. The third kappa shape index (κ3) is 4.27. The van der Waals surface area contributed by atoms with Gasteiger partial charge in [-0.2, -0.15) is 5.26 Å². The van der Waals surface area contributed by atoms with Gasteiger partial charge in [0.05, 0.1) is 18.7 Å². The summed E-state index contributed by atoms with van der Waals surface area (Å²) in [7, 11) is 1.63. The highest BCUT2D eigenvalue weighted by molar-refractivity contribution is 7.99. The Morgan fingerprint density at radius 1 is 1.30 bits per heavy atom. The van der Waals surface area contributed by atoms with Gasteiger partial charge < -0.3 is 10.5 Å². The summed E-state index contributed by atoms with van der Waals surface area (Å²) in [4.78, 5) is 11.8. The summed E-state index contributed by atoms with van der Waals surface area (Å²) in [5.41, 5.74) is 9.06. The molecule has 2 N–H and O–H groups in total. The van der Waals surface area contributed by atoms with Crippen molar-refractivity contribution in [3.8, 4) is 11.8 Å². The molecule has 2 aromatic rings. The van der Waals surface area contributed by atoms with Crippen molar-refractivity contribution in [2.75, 3.05) is 7.11 Å². The van der Waals surface area contributed by atoms with Crippen molar-refractivity contribution < 1.29 is 9.53 Å².